The molecule has 0 aromatic carbocycles. The molecule has 0 unspecified atom stereocenters. The first-order valence-corrected chi connectivity index (χ1v) is 6.71. The number of aliphatic hydroxyl groups is 1. The summed E-state index contributed by atoms with van der Waals surface area (Å²) in [7, 11) is -3.59. The first-order chi connectivity index (χ1) is 8.10. The molecule has 1 aromatic heterocycles. The van der Waals surface area contributed by atoms with Crippen LogP contribution in [0.3, 0.4) is 0 Å². The van der Waals surface area contributed by atoms with E-state index in [1.807, 2.05) is 6.92 Å². The van der Waals surface area contributed by atoms with Crippen LogP contribution in [0.15, 0.2) is 23.4 Å². The van der Waals surface area contributed by atoms with Gasteiger partial charge < -0.3 is 9.84 Å². The van der Waals surface area contributed by atoms with E-state index in [4.69, 9.17) is 9.84 Å². The lowest BCUT2D eigenvalue weighted by Crippen LogP contribution is -2.28. The number of hydrogen-bond acceptors (Lipinski definition) is 5. The van der Waals surface area contributed by atoms with Crippen LogP contribution in [0, 0.1) is 0 Å². The first kappa shape index (κ1) is 14.0. The molecule has 0 aliphatic heterocycles. The Labute approximate surface area is 101 Å². The van der Waals surface area contributed by atoms with Gasteiger partial charge >= 0.3 is 0 Å². The molecule has 1 heterocycles. The van der Waals surface area contributed by atoms with Crippen molar-refractivity contribution in [3.8, 4) is 0 Å². The lowest BCUT2D eigenvalue weighted by Gasteiger charge is -2.06. The van der Waals surface area contributed by atoms with E-state index >= 15 is 0 Å². The lowest BCUT2D eigenvalue weighted by molar-refractivity contribution is 0.153. The molecule has 0 aliphatic carbocycles. The van der Waals surface area contributed by atoms with Crippen molar-refractivity contribution >= 4 is 10.0 Å². The molecule has 0 amide bonds. The molecule has 17 heavy (non-hydrogen) atoms. The summed E-state index contributed by atoms with van der Waals surface area (Å²) in [6.07, 6.45) is 1.33. The topological polar surface area (TPSA) is 88.5 Å². The van der Waals surface area contributed by atoms with Crippen molar-refractivity contribution in [3.05, 3.63) is 23.9 Å². The molecule has 7 heteroatoms. The third-order valence-corrected chi connectivity index (χ3v) is 3.37. The fourth-order valence-corrected chi connectivity index (χ4v) is 2.07. The number of aliphatic hydroxyl groups excluding tert-OH is 1. The third kappa shape index (κ3) is 4.39. The summed E-state index contributed by atoms with van der Waals surface area (Å²) in [5.74, 6) is 0. The number of nitrogens with one attached hydrogen (secondary N) is 1. The average Bonchev–Trinajstić information content (AvgIpc) is 2.35. The van der Waals surface area contributed by atoms with Crippen LogP contribution in [-0.2, 0) is 21.4 Å². The summed E-state index contributed by atoms with van der Waals surface area (Å²) in [6, 6.07) is 2.87. The van der Waals surface area contributed by atoms with Crippen molar-refractivity contribution < 1.29 is 18.3 Å². The highest BCUT2D eigenvalue weighted by Gasteiger charge is 2.14. The van der Waals surface area contributed by atoms with Crippen LogP contribution in [0.1, 0.15) is 12.5 Å². The van der Waals surface area contributed by atoms with E-state index in [1.165, 1.54) is 18.3 Å². The number of hydrogen-bond donors (Lipinski definition) is 2. The zero-order valence-corrected chi connectivity index (χ0v) is 10.4. The number of pyridine rings is 1. The van der Waals surface area contributed by atoms with Gasteiger partial charge in [0.25, 0.3) is 10.0 Å². The van der Waals surface area contributed by atoms with Crippen LogP contribution in [0.4, 0.5) is 0 Å². The Balaban J connectivity index is 2.62. The summed E-state index contributed by atoms with van der Waals surface area (Å²) in [6.45, 7) is 2.75. The Morgan fingerprint density at radius 2 is 2.24 bits per heavy atom. The number of rotatable bonds is 7. The standard InChI is InChI=1S/C10H16N2O4S/c1-2-16-6-5-12-17(14,15)10-4-3-9(8-13)7-11-10/h3-4,7,12-13H,2,5-6,8H2,1H3. The summed E-state index contributed by atoms with van der Waals surface area (Å²) in [4.78, 5) is 3.77. The van der Waals surface area contributed by atoms with Crippen molar-refractivity contribution in [2.75, 3.05) is 19.8 Å². The SMILES string of the molecule is CCOCCNS(=O)(=O)c1ccc(CO)cn1. The predicted octanol–water partition coefficient (Wildman–Crippen LogP) is -0.111. The molecule has 2 N–H and O–H groups in total. The second-order valence-corrected chi connectivity index (χ2v) is 4.97. The molecule has 0 aliphatic rings. The maximum Gasteiger partial charge on any atom is 0.258 e. The van der Waals surface area contributed by atoms with Crippen LogP contribution in [0.2, 0.25) is 0 Å². The molecule has 96 valence electrons. The Kier molecular flexibility index (Phi) is 5.49. The van der Waals surface area contributed by atoms with Gasteiger partial charge in [-0.25, -0.2) is 18.1 Å². The molecule has 6 nitrogen and oxygen atoms in total. The molecule has 0 radical (unpaired) electrons. The fourth-order valence-electron chi connectivity index (χ4n) is 1.13. The van der Waals surface area contributed by atoms with Crippen molar-refractivity contribution in [1.29, 1.82) is 0 Å². The Hall–Kier alpha value is -1.02. The minimum atomic E-state index is -3.59. The quantitative estimate of drug-likeness (QED) is 0.668. The number of sulfonamides is 1. The number of ether oxygens (including phenoxy) is 1. The first-order valence-electron chi connectivity index (χ1n) is 5.23. The van der Waals surface area contributed by atoms with E-state index in [-0.39, 0.29) is 18.2 Å². The molecule has 0 saturated carbocycles. The van der Waals surface area contributed by atoms with Crippen molar-refractivity contribution in [3.63, 3.8) is 0 Å². The fraction of sp³-hybridized carbons (Fsp3) is 0.500. The van der Waals surface area contributed by atoms with Gasteiger partial charge in [0.1, 0.15) is 0 Å². The van der Waals surface area contributed by atoms with Gasteiger partial charge in [0.15, 0.2) is 5.03 Å². The largest absolute Gasteiger partial charge is 0.392 e. The minimum Gasteiger partial charge on any atom is -0.392 e. The molecule has 0 atom stereocenters. The molecular weight excluding hydrogens is 244 g/mol. The van der Waals surface area contributed by atoms with Gasteiger partial charge in [0.05, 0.1) is 13.2 Å². The van der Waals surface area contributed by atoms with E-state index in [1.54, 1.807) is 0 Å². The van der Waals surface area contributed by atoms with Crippen molar-refractivity contribution in [2.24, 2.45) is 0 Å². The van der Waals surface area contributed by atoms with E-state index in [0.717, 1.165) is 0 Å². The third-order valence-electron chi connectivity index (χ3n) is 2.00. The summed E-state index contributed by atoms with van der Waals surface area (Å²) in [5, 5.41) is 8.75. The predicted molar refractivity (Wildman–Crippen MR) is 61.8 cm³/mol. The van der Waals surface area contributed by atoms with Gasteiger partial charge in [0, 0.05) is 19.3 Å². The van der Waals surface area contributed by atoms with Crippen LogP contribution < -0.4 is 4.72 Å². The molecule has 0 bridgehead atoms. The van der Waals surface area contributed by atoms with E-state index in [0.29, 0.717) is 18.8 Å². The number of aromatic nitrogens is 1. The highest BCUT2D eigenvalue weighted by molar-refractivity contribution is 7.89. The second-order valence-electron chi connectivity index (χ2n) is 3.26. The van der Waals surface area contributed by atoms with Gasteiger partial charge in [-0.2, -0.15) is 0 Å². The Morgan fingerprint density at radius 3 is 2.76 bits per heavy atom. The van der Waals surface area contributed by atoms with Crippen LogP contribution in [0.25, 0.3) is 0 Å². The second kappa shape index (κ2) is 6.65. The Bertz CT molecular complexity index is 430. The van der Waals surface area contributed by atoms with Gasteiger partial charge in [-0.3, -0.25) is 0 Å². The Morgan fingerprint density at radius 1 is 1.47 bits per heavy atom. The van der Waals surface area contributed by atoms with Gasteiger partial charge in [0.2, 0.25) is 0 Å². The smallest absolute Gasteiger partial charge is 0.258 e. The van der Waals surface area contributed by atoms with E-state index in [9.17, 15) is 8.42 Å². The molecule has 1 aromatic rings. The monoisotopic (exact) mass is 260 g/mol. The summed E-state index contributed by atoms with van der Waals surface area (Å²) < 4.78 is 30.8. The maximum atomic E-state index is 11.7. The zero-order valence-electron chi connectivity index (χ0n) is 9.59. The average molecular weight is 260 g/mol. The molecule has 0 fully saturated rings. The molecule has 1 rings (SSSR count). The van der Waals surface area contributed by atoms with Crippen molar-refractivity contribution in [2.45, 2.75) is 18.6 Å². The normalized spacial score (nSPS) is 11.6. The highest BCUT2D eigenvalue weighted by atomic mass is 32.2. The maximum absolute atomic E-state index is 11.7. The highest BCUT2D eigenvalue weighted by Crippen LogP contribution is 2.06. The minimum absolute atomic E-state index is 0.0637. The molecular formula is C10H16N2O4S. The van der Waals surface area contributed by atoms with Gasteiger partial charge in [-0.15, -0.1) is 0 Å². The van der Waals surface area contributed by atoms with Crippen LogP contribution in [0.5, 0.6) is 0 Å². The summed E-state index contributed by atoms with van der Waals surface area (Å²) in [5.41, 5.74) is 0.568. The zero-order chi connectivity index (χ0) is 12.7. The number of nitrogens with zero attached hydrogens (tertiary/aromatic N) is 1. The van der Waals surface area contributed by atoms with Crippen molar-refractivity contribution in [1.82, 2.24) is 9.71 Å². The van der Waals surface area contributed by atoms with Gasteiger partial charge in [-0.1, -0.05) is 6.07 Å². The van der Waals surface area contributed by atoms with E-state index < -0.39 is 10.0 Å². The summed E-state index contributed by atoms with van der Waals surface area (Å²) >= 11 is 0. The van der Waals surface area contributed by atoms with Crippen LogP contribution in [-0.4, -0.2) is 38.3 Å². The van der Waals surface area contributed by atoms with E-state index in [2.05, 4.69) is 9.71 Å². The molecule has 0 spiro atoms. The lowest BCUT2D eigenvalue weighted by atomic mass is 10.3. The van der Waals surface area contributed by atoms with Crippen LogP contribution >= 0.6 is 0 Å². The van der Waals surface area contributed by atoms with Gasteiger partial charge in [-0.05, 0) is 18.6 Å². The molecule has 0 saturated heterocycles.